The molecule has 2 bridgehead atoms. The molecule has 5 heterocycles. The molecular weight excluding hydrogens is 390 g/mol. The lowest BCUT2D eigenvalue weighted by Crippen LogP contribution is -2.56. The Morgan fingerprint density at radius 2 is 2.06 bits per heavy atom. The summed E-state index contributed by atoms with van der Waals surface area (Å²) in [4.78, 5) is 14.8. The van der Waals surface area contributed by atoms with Crippen molar-refractivity contribution >= 4 is 6.03 Å². The normalized spacial score (nSPS) is 24.8. The predicted molar refractivity (Wildman–Crippen MR) is 118 cm³/mol. The van der Waals surface area contributed by atoms with Crippen LogP contribution >= 0.6 is 0 Å². The van der Waals surface area contributed by atoms with Gasteiger partial charge in [0.2, 0.25) is 0 Å². The average Bonchev–Trinajstić information content (AvgIpc) is 3.47. The first-order valence-corrected chi connectivity index (χ1v) is 11.0. The summed E-state index contributed by atoms with van der Waals surface area (Å²) in [6, 6.07) is 16.3. The van der Waals surface area contributed by atoms with Gasteiger partial charge in [0.15, 0.2) is 5.76 Å². The molecule has 0 saturated carbocycles. The predicted octanol–water partition coefficient (Wildman–Crippen LogP) is 3.36. The minimum Gasteiger partial charge on any atom is -0.463 e. The van der Waals surface area contributed by atoms with Gasteiger partial charge < -0.3 is 15.1 Å². The van der Waals surface area contributed by atoms with Gasteiger partial charge in [-0.25, -0.2) is 4.79 Å². The highest BCUT2D eigenvalue weighted by molar-refractivity contribution is 5.73. The molecule has 0 radical (unpaired) electrons. The van der Waals surface area contributed by atoms with Gasteiger partial charge in [-0.1, -0.05) is 30.3 Å². The lowest BCUT2D eigenvalue weighted by molar-refractivity contribution is 0.0294. The number of furan rings is 1. The number of piperidine rings is 3. The summed E-state index contributed by atoms with van der Waals surface area (Å²) in [6.07, 6.45) is 3.99. The highest BCUT2D eigenvalue weighted by atomic mass is 16.3. The molecule has 3 fully saturated rings. The zero-order chi connectivity index (χ0) is 21.2. The lowest BCUT2D eigenvalue weighted by atomic mass is 9.74. The monoisotopic (exact) mass is 419 g/mol. The highest BCUT2D eigenvalue weighted by Gasteiger charge is 2.41. The van der Waals surface area contributed by atoms with E-state index in [1.807, 2.05) is 54.2 Å². The number of fused-ring (bicyclic) bond motifs is 3. The minimum atomic E-state index is -0.0993. The first kappa shape index (κ1) is 19.9. The number of urea groups is 1. The van der Waals surface area contributed by atoms with Gasteiger partial charge in [-0.05, 0) is 49.1 Å². The van der Waals surface area contributed by atoms with Crippen LogP contribution in [0.1, 0.15) is 30.0 Å². The SMILES string of the molecule is Cn1nc(-c2ccco2)cc1C1CN2CCC1CC2CNC(=O)NCc1ccccc1. The standard InChI is InChI=1S/C24H29N5O2/c1-28-22(13-21(27-28)23-8-5-11-31-23)20-16-29-10-9-18(20)12-19(29)15-26-24(30)25-14-17-6-3-2-4-7-17/h2-8,11,13,18-20H,9-10,12,14-16H2,1H3,(H2,25,26,30). The molecule has 3 saturated heterocycles. The van der Waals surface area contributed by atoms with Crippen LogP contribution in [0.4, 0.5) is 4.79 Å². The molecule has 1 aromatic carbocycles. The third kappa shape index (κ3) is 4.23. The minimum absolute atomic E-state index is 0.0993. The maximum atomic E-state index is 12.2. The van der Waals surface area contributed by atoms with Crippen LogP contribution in [0.25, 0.3) is 11.5 Å². The van der Waals surface area contributed by atoms with E-state index in [0.717, 1.165) is 36.5 Å². The van der Waals surface area contributed by atoms with Crippen LogP contribution in [0, 0.1) is 5.92 Å². The van der Waals surface area contributed by atoms with Crippen molar-refractivity contribution in [3.63, 3.8) is 0 Å². The molecule has 3 aliphatic rings. The molecule has 7 nitrogen and oxygen atoms in total. The van der Waals surface area contributed by atoms with E-state index >= 15 is 0 Å². The number of hydrogen-bond acceptors (Lipinski definition) is 4. The van der Waals surface area contributed by atoms with Crippen molar-refractivity contribution in [2.45, 2.75) is 31.3 Å². The van der Waals surface area contributed by atoms with Gasteiger partial charge in [-0.15, -0.1) is 0 Å². The number of hydrogen-bond donors (Lipinski definition) is 2. The fourth-order valence-electron chi connectivity index (χ4n) is 5.11. The highest BCUT2D eigenvalue weighted by Crippen LogP contribution is 2.42. The maximum absolute atomic E-state index is 12.2. The van der Waals surface area contributed by atoms with E-state index in [9.17, 15) is 4.79 Å². The second-order valence-electron chi connectivity index (χ2n) is 8.64. The molecule has 3 aliphatic heterocycles. The topological polar surface area (TPSA) is 75.3 Å². The smallest absolute Gasteiger partial charge is 0.315 e. The van der Waals surface area contributed by atoms with Crippen molar-refractivity contribution < 1.29 is 9.21 Å². The first-order valence-electron chi connectivity index (χ1n) is 11.0. The number of aryl methyl sites for hydroxylation is 1. The first-order chi connectivity index (χ1) is 15.2. The molecule has 31 heavy (non-hydrogen) atoms. The van der Waals surface area contributed by atoms with Crippen molar-refractivity contribution in [1.82, 2.24) is 25.3 Å². The molecule has 3 aromatic rings. The molecule has 0 spiro atoms. The van der Waals surface area contributed by atoms with Gasteiger partial charge in [-0.3, -0.25) is 9.58 Å². The molecule has 4 atom stereocenters. The van der Waals surface area contributed by atoms with Crippen molar-refractivity contribution in [2.75, 3.05) is 19.6 Å². The number of benzene rings is 1. The second kappa shape index (κ2) is 8.59. The van der Waals surface area contributed by atoms with Gasteiger partial charge in [0, 0.05) is 44.3 Å². The Morgan fingerprint density at radius 1 is 1.19 bits per heavy atom. The Hall–Kier alpha value is -3.06. The number of nitrogens with one attached hydrogen (secondary N) is 2. The van der Waals surface area contributed by atoms with Gasteiger partial charge in [0.25, 0.3) is 0 Å². The van der Waals surface area contributed by atoms with E-state index in [1.54, 1.807) is 6.26 Å². The Labute approximate surface area is 182 Å². The largest absolute Gasteiger partial charge is 0.463 e. The number of rotatable bonds is 6. The second-order valence-corrected chi connectivity index (χ2v) is 8.64. The third-order valence-electron chi connectivity index (χ3n) is 6.74. The number of aromatic nitrogens is 2. The van der Waals surface area contributed by atoms with Crippen LogP contribution in [0.3, 0.4) is 0 Å². The number of carbonyl (C=O) groups is 1. The summed E-state index contributed by atoms with van der Waals surface area (Å²) >= 11 is 0. The maximum Gasteiger partial charge on any atom is 0.315 e. The Kier molecular flexibility index (Phi) is 5.51. The zero-order valence-electron chi connectivity index (χ0n) is 17.8. The van der Waals surface area contributed by atoms with Crippen molar-refractivity contribution in [3.05, 3.63) is 66.1 Å². The summed E-state index contributed by atoms with van der Waals surface area (Å²) in [6.45, 7) is 3.35. The zero-order valence-corrected chi connectivity index (χ0v) is 17.8. The van der Waals surface area contributed by atoms with Gasteiger partial charge >= 0.3 is 6.03 Å². The molecule has 4 unspecified atom stereocenters. The van der Waals surface area contributed by atoms with Crippen molar-refractivity contribution in [1.29, 1.82) is 0 Å². The molecule has 2 amide bonds. The van der Waals surface area contributed by atoms with Crippen LogP contribution in [0.2, 0.25) is 0 Å². The van der Waals surface area contributed by atoms with Crippen LogP contribution in [0.5, 0.6) is 0 Å². The fourth-order valence-corrected chi connectivity index (χ4v) is 5.11. The fraction of sp³-hybridized carbons (Fsp3) is 0.417. The molecule has 0 aliphatic carbocycles. The molecule has 162 valence electrons. The van der Waals surface area contributed by atoms with E-state index in [4.69, 9.17) is 4.42 Å². The van der Waals surface area contributed by atoms with Gasteiger partial charge in [0.1, 0.15) is 5.69 Å². The number of nitrogens with zero attached hydrogens (tertiary/aromatic N) is 3. The van der Waals surface area contributed by atoms with E-state index in [-0.39, 0.29) is 6.03 Å². The van der Waals surface area contributed by atoms with Crippen molar-refractivity contribution in [2.24, 2.45) is 13.0 Å². The Balaban J connectivity index is 1.16. The van der Waals surface area contributed by atoms with Crippen molar-refractivity contribution in [3.8, 4) is 11.5 Å². The van der Waals surface area contributed by atoms with Crippen LogP contribution in [-0.2, 0) is 13.6 Å². The summed E-state index contributed by atoms with van der Waals surface area (Å²) in [5.74, 6) is 1.90. The van der Waals surface area contributed by atoms with E-state index in [0.29, 0.717) is 31.0 Å². The number of carbonyl (C=O) groups excluding carboxylic acids is 1. The van der Waals surface area contributed by atoms with Crippen LogP contribution in [0.15, 0.2) is 59.2 Å². The van der Waals surface area contributed by atoms with Crippen LogP contribution in [-0.4, -0.2) is 46.4 Å². The summed E-state index contributed by atoms with van der Waals surface area (Å²) < 4.78 is 7.53. The van der Waals surface area contributed by atoms with Crippen LogP contribution < -0.4 is 10.6 Å². The lowest BCUT2D eigenvalue weighted by Gasteiger charge is -2.49. The Bertz CT molecular complexity index is 1010. The molecule has 2 aromatic heterocycles. The summed E-state index contributed by atoms with van der Waals surface area (Å²) in [5.41, 5.74) is 3.27. The average molecular weight is 420 g/mol. The molecular formula is C24H29N5O2. The molecule has 7 heteroatoms. The third-order valence-corrected chi connectivity index (χ3v) is 6.74. The van der Waals surface area contributed by atoms with E-state index in [1.165, 1.54) is 12.1 Å². The van der Waals surface area contributed by atoms with E-state index in [2.05, 4.69) is 26.7 Å². The van der Waals surface area contributed by atoms with Gasteiger partial charge in [-0.2, -0.15) is 5.10 Å². The summed E-state index contributed by atoms with van der Waals surface area (Å²) in [7, 11) is 2.02. The molecule has 6 rings (SSSR count). The quantitative estimate of drug-likeness (QED) is 0.643. The Morgan fingerprint density at radius 3 is 2.81 bits per heavy atom. The molecule has 2 N–H and O–H groups in total. The van der Waals surface area contributed by atoms with E-state index < -0.39 is 0 Å². The summed E-state index contributed by atoms with van der Waals surface area (Å²) in [5, 5.41) is 10.7. The number of amides is 2. The van der Waals surface area contributed by atoms with Gasteiger partial charge in [0.05, 0.1) is 6.26 Å².